The number of carboxylic acids is 1. The molecule has 4 saturated carbocycles. The lowest BCUT2D eigenvalue weighted by molar-refractivity contribution is -0.222. The number of aromatic nitrogens is 1. The van der Waals surface area contributed by atoms with Gasteiger partial charge in [-0.2, -0.15) is 13.2 Å². The Morgan fingerprint density at radius 3 is 2.38 bits per heavy atom. The average Bonchev–Trinajstić information content (AvgIpc) is 3.56. The Bertz CT molecular complexity index is 2110. The predicted molar refractivity (Wildman–Crippen MR) is 242 cm³/mol. The van der Waals surface area contributed by atoms with Crippen molar-refractivity contribution in [1.82, 2.24) is 15.2 Å². The summed E-state index contributed by atoms with van der Waals surface area (Å²) in [5, 5.41) is 14.7. The van der Waals surface area contributed by atoms with Gasteiger partial charge in [0.1, 0.15) is 5.56 Å². The van der Waals surface area contributed by atoms with E-state index in [-0.39, 0.29) is 51.7 Å². The van der Waals surface area contributed by atoms with Crippen molar-refractivity contribution in [3.05, 3.63) is 59.3 Å². The highest BCUT2D eigenvalue weighted by Gasteiger charge is 2.70. The molecule has 1 aliphatic heterocycles. The number of carbonyl (C=O) groups is 1. The lowest BCUT2D eigenvalue weighted by Crippen LogP contribution is -2.68. The standard InChI is InChI=1S/C51H74F3N3O5S/c1-34(2)33-36-14-21-50(56-26-27-57-28-31-63(60,61)32-29-57)23-22-47(6)38(42(36)50)10-11-41-46(5)17-15-37(45(3,4)40(46)16-18-48(41,47)7)35-12-19-49(20-13-35,44(58)59)24-30-62-43-39(51(52,53)54)9-8-25-55-43/h8-9,12,15,25,36,38,40-42,56H,1,10-11,13-14,16-24,26-33H2,2-7H3,(H,58,59)/t36-,38+,40-,41+,42+,46?,47+,48+,49?,50-/m0/s1. The Balaban J connectivity index is 0.988. The molecule has 0 radical (unpaired) electrons. The molecule has 5 fully saturated rings. The van der Waals surface area contributed by atoms with Crippen molar-refractivity contribution in [2.24, 2.45) is 56.7 Å². The summed E-state index contributed by atoms with van der Waals surface area (Å²) in [5.74, 6) is 2.04. The lowest BCUT2D eigenvalue weighted by atomic mass is 9.33. The molecule has 7 aliphatic rings. The molecule has 2 unspecified atom stereocenters. The number of fused-ring (bicyclic) bond motifs is 7. The van der Waals surface area contributed by atoms with Gasteiger partial charge in [-0.05, 0) is 171 Å². The maximum atomic E-state index is 13.6. The van der Waals surface area contributed by atoms with Crippen LogP contribution in [0.1, 0.15) is 137 Å². The van der Waals surface area contributed by atoms with Crippen molar-refractivity contribution in [3.63, 3.8) is 0 Å². The van der Waals surface area contributed by atoms with Crippen LogP contribution in [-0.2, 0) is 20.8 Å². The maximum Gasteiger partial charge on any atom is 0.421 e. The number of sulfone groups is 1. The second-order valence-corrected chi connectivity index (χ2v) is 25.0. The van der Waals surface area contributed by atoms with Crippen molar-refractivity contribution in [2.45, 2.75) is 143 Å². The first-order valence-corrected chi connectivity index (χ1v) is 25.9. The zero-order valence-electron chi connectivity index (χ0n) is 38.8. The molecule has 10 atom stereocenters. The van der Waals surface area contributed by atoms with Gasteiger partial charge in [0.2, 0.25) is 5.88 Å². The van der Waals surface area contributed by atoms with Crippen molar-refractivity contribution < 1.29 is 36.2 Å². The Hall–Kier alpha value is -2.70. The minimum atomic E-state index is -4.61. The summed E-state index contributed by atoms with van der Waals surface area (Å²) in [6, 6.07) is 2.15. The van der Waals surface area contributed by atoms with E-state index >= 15 is 0 Å². The number of hydrogen-bond acceptors (Lipinski definition) is 7. The van der Waals surface area contributed by atoms with Crippen LogP contribution in [0.2, 0.25) is 0 Å². The van der Waals surface area contributed by atoms with Crippen LogP contribution in [0.5, 0.6) is 5.88 Å². The second-order valence-electron chi connectivity index (χ2n) is 22.7. The van der Waals surface area contributed by atoms with Crippen molar-refractivity contribution >= 4 is 15.8 Å². The Labute approximate surface area is 375 Å². The number of rotatable bonds is 12. The predicted octanol–water partition coefficient (Wildman–Crippen LogP) is 10.7. The van der Waals surface area contributed by atoms with Gasteiger partial charge in [0.05, 0.1) is 23.5 Å². The number of alkyl halides is 3. The highest BCUT2D eigenvalue weighted by atomic mass is 32.2. The number of nitrogens with zero attached hydrogens (tertiary/aromatic N) is 2. The summed E-state index contributed by atoms with van der Waals surface area (Å²) < 4.78 is 70.5. The first-order valence-electron chi connectivity index (χ1n) is 24.1. The first-order chi connectivity index (χ1) is 29.5. The summed E-state index contributed by atoms with van der Waals surface area (Å²) in [4.78, 5) is 19.0. The Morgan fingerprint density at radius 1 is 0.968 bits per heavy atom. The molecule has 6 aliphatic carbocycles. The normalized spacial score (nSPS) is 39.7. The number of pyridine rings is 1. The molecule has 0 aromatic carbocycles. The molecule has 0 spiro atoms. The smallest absolute Gasteiger partial charge is 0.421 e. The monoisotopic (exact) mass is 898 g/mol. The Morgan fingerprint density at radius 2 is 1.71 bits per heavy atom. The summed E-state index contributed by atoms with van der Waals surface area (Å²) in [5.41, 5.74) is 2.39. The molecule has 0 amide bonds. The molecule has 1 saturated heterocycles. The molecule has 12 heteroatoms. The third-order valence-electron chi connectivity index (χ3n) is 19.4. The fourth-order valence-corrected chi connectivity index (χ4v) is 17.3. The third-order valence-corrected chi connectivity index (χ3v) is 21.0. The van der Waals surface area contributed by atoms with E-state index in [2.05, 4.69) is 75.5 Å². The second kappa shape index (κ2) is 16.6. The van der Waals surface area contributed by atoms with Crippen LogP contribution < -0.4 is 10.1 Å². The minimum absolute atomic E-state index is 0.0978. The summed E-state index contributed by atoms with van der Waals surface area (Å²) in [6.07, 6.45) is 14.6. The van der Waals surface area contributed by atoms with Gasteiger partial charge in [0, 0.05) is 37.9 Å². The van der Waals surface area contributed by atoms with Gasteiger partial charge < -0.3 is 20.1 Å². The van der Waals surface area contributed by atoms with Gasteiger partial charge in [-0.3, -0.25) is 4.79 Å². The molecule has 8 rings (SSSR count). The number of halogens is 3. The van der Waals surface area contributed by atoms with Crippen LogP contribution in [0, 0.1) is 56.7 Å². The SMILES string of the molecule is C=C(C)C[C@@H]1CC[C@]2(NCCN3CCS(=O)(=O)CC3)CC[C@]3(C)[C@H](CC[C@@H]4C5(C)CC=C(C6=CCC(CCOc7ncccc7C(F)(F)F)(C(=O)O)CC6)C(C)(C)[C@@H]5CC[C@]43C)[C@@H]12. The van der Waals surface area contributed by atoms with Crippen LogP contribution in [0.4, 0.5) is 13.2 Å². The van der Waals surface area contributed by atoms with Crippen molar-refractivity contribution in [2.75, 3.05) is 44.3 Å². The van der Waals surface area contributed by atoms with Gasteiger partial charge in [-0.1, -0.05) is 52.3 Å². The quantitative estimate of drug-likeness (QED) is 0.200. The van der Waals surface area contributed by atoms with Gasteiger partial charge >= 0.3 is 12.1 Å². The molecule has 2 N–H and O–H groups in total. The van der Waals surface area contributed by atoms with E-state index in [4.69, 9.17) is 4.74 Å². The lowest BCUT2D eigenvalue weighted by Gasteiger charge is -2.72. The van der Waals surface area contributed by atoms with Gasteiger partial charge in [-0.25, -0.2) is 13.4 Å². The molecular weight excluding hydrogens is 824 g/mol. The summed E-state index contributed by atoms with van der Waals surface area (Å²) in [7, 11) is -2.90. The van der Waals surface area contributed by atoms with E-state index in [0.717, 1.165) is 32.0 Å². The minimum Gasteiger partial charge on any atom is -0.481 e. The molecular formula is C51H74F3N3O5S. The largest absolute Gasteiger partial charge is 0.481 e. The van der Waals surface area contributed by atoms with Crippen LogP contribution in [0.3, 0.4) is 0 Å². The topological polar surface area (TPSA) is 109 Å². The van der Waals surface area contributed by atoms with Crippen LogP contribution in [0.25, 0.3) is 0 Å². The van der Waals surface area contributed by atoms with Crippen LogP contribution >= 0.6 is 0 Å². The molecule has 0 bridgehead atoms. The fraction of sp³-hybridized carbons (Fsp3) is 0.765. The summed E-state index contributed by atoms with van der Waals surface area (Å²) >= 11 is 0. The fourth-order valence-electron chi connectivity index (χ4n) is 16.0. The number of hydrogen-bond donors (Lipinski definition) is 2. The molecule has 1 aromatic heterocycles. The van der Waals surface area contributed by atoms with Gasteiger partial charge in [0.15, 0.2) is 9.84 Å². The van der Waals surface area contributed by atoms with Gasteiger partial charge in [-0.15, -0.1) is 6.58 Å². The van der Waals surface area contributed by atoms with E-state index in [1.807, 2.05) is 0 Å². The number of aliphatic carboxylic acids is 1. The van der Waals surface area contributed by atoms with Crippen LogP contribution in [-0.4, -0.2) is 79.2 Å². The first kappa shape index (κ1) is 46.8. The molecule has 63 heavy (non-hydrogen) atoms. The van der Waals surface area contributed by atoms with Crippen molar-refractivity contribution in [1.29, 1.82) is 0 Å². The number of allylic oxidation sites excluding steroid dienone is 5. The molecule has 350 valence electrons. The number of ether oxygens (including phenoxy) is 1. The number of carboxylic acid groups (broad SMARTS) is 1. The van der Waals surface area contributed by atoms with Gasteiger partial charge in [0.25, 0.3) is 0 Å². The van der Waals surface area contributed by atoms with Crippen molar-refractivity contribution in [3.8, 4) is 5.88 Å². The number of nitrogens with one attached hydrogen (secondary N) is 1. The van der Waals surface area contributed by atoms with Crippen LogP contribution in [0.15, 0.2) is 53.8 Å². The van der Waals surface area contributed by atoms with E-state index in [1.165, 1.54) is 80.3 Å². The van der Waals surface area contributed by atoms with E-state index < -0.39 is 38.8 Å². The molecule has 1 aromatic rings. The Kier molecular flexibility index (Phi) is 12.3. The molecule has 8 nitrogen and oxygen atoms in total. The average molecular weight is 898 g/mol. The maximum absolute atomic E-state index is 13.6. The third kappa shape index (κ3) is 8.07. The highest BCUT2D eigenvalue weighted by molar-refractivity contribution is 7.91. The van der Waals surface area contributed by atoms with E-state index in [9.17, 15) is 31.5 Å². The van der Waals surface area contributed by atoms with E-state index in [1.54, 1.807) is 0 Å². The summed E-state index contributed by atoms with van der Waals surface area (Å²) in [6.45, 7) is 22.4. The molecule has 2 heterocycles. The van der Waals surface area contributed by atoms with E-state index in [0.29, 0.717) is 61.9 Å². The highest BCUT2D eigenvalue weighted by Crippen LogP contribution is 2.76. The zero-order chi connectivity index (χ0) is 45.4. The zero-order valence-corrected chi connectivity index (χ0v) is 39.7.